The highest BCUT2D eigenvalue weighted by Gasteiger charge is 2.51. The number of nitrogens with one attached hydrogen (secondary N) is 2. The normalized spacial score (nSPS) is 17.4. The average Bonchev–Trinajstić information content (AvgIpc) is 2.99. The van der Waals surface area contributed by atoms with E-state index in [1.165, 1.54) is 4.90 Å². The van der Waals surface area contributed by atoms with E-state index in [1.54, 1.807) is 38.3 Å². The predicted octanol–water partition coefficient (Wildman–Crippen LogP) is 2.13. The lowest BCUT2D eigenvalue weighted by Gasteiger charge is -2.30. The summed E-state index contributed by atoms with van der Waals surface area (Å²) >= 11 is 0. The van der Waals surface area contributed by atoms with Gasteiger partial charge in [0.2, 0.25) is 11.8 Å². The van der Waals surface area contributed by atoms with Crippen molar-refractivity contribution >= 4 is 29.4 Å². The number of likely N-dealkylation sites (N-methyl/N-ethyl adjacent to an activating group) is 1. The number of ether oxygens (including phenoxy) is 1. The molecule has 0 bridgehead atoms. The maximum atomic E-state index is 12.8. The number of methoxy groups -OCH3 is 1. The fourth-order valence-electron chi connectivity index (χ4n) is 4.19. The highest BCUT2D eigenvalue weighted by molar-refractivity contribution is 6.07. The number of anilines is 1. The molecule has 1 saturated carbocycles. The minimum Gasteiger partial charge on any atom is -0.497 e. The van der Waals surface area contributed by atoms with E-state index < -0.39 is 11.6 Å². The van der Waals surface area contributed by atoms with Crippen LogP contribution in [0.15, 0.2) is 24.3 Å². The van der Waals surface area contributed by atoms with Crippen LogP contribution < -0.4 is 15.4 Å². The average molecular weight is 431 g/mol. The highest BCUT2D eigenvalue weighted by atomic mass is 16.5. The molecule has 0 aromatic heterocycles. The Kier molecular flexibility index (Phi) is 7.14. The zero-order valence-corrected chi connectivity index (χ0v) is 18.1. The summed E-state index contributed by atoms with van der Waals surface area (Å²) in [5.41, 5.74) is -0.218. The lowest BCUT2D eigenvalue weighted by Crippen LogP contribution is -2.48. The molecule has 9 nitrogen and oxygen atoms in total. The summed E-state index contributed by atoms with van der Waals surface area (Å²) in [5.74, 6) is -0.234. The monoisotopic (exact) mass is 430 g/mol. The van der Waals surface area contributed by atoms with Gasteiger partial charge in [0.05, 0.1) is 13.7 Å². The Bertz CT molecular complexity index is 850. The van der Waals surface area contributed by atoms with Crippen molar-refractivity contribution in [3.63, 3.8) is 0 Å². The van der Waals surface area contributed by atoms with Crippen molar-refractivity contribution in [3.05, 3.63) is 24.3 Å². The van der Waals surface area contributed by atoms with Crippen molar-refractivity contribution in [2.75, 3.05) is 32.1 Å². The van der Waals surface area contributed by atoms with Gasteiger partial charge in [-0.1, -0.05) is 25.3 Å². The molecule has 0 atom stereocenters. The van der Waals surface area contributed by atoms with Crippen molar-refractivity contribution < 1.29 is 23.9 Å². The summed E-state index contributed by atoms with van der Waals surface area (Å²) in [6, 6.07) is 6.52. The topological polar surface area (TPSA) is 108 Å². The number of amides is 5. The second kappa shape index (κ2) is 9.80. The van der Waals surface area contributed by atoms with Gasteiger partial charge in [-0.2, -0.15) is 0 Å². The fourth-order valence-corrected chi connectivity index (χ4v) is 4.19. The van der Waals surface area contributed by atoms with Gasteiger partial charge >= 0.3 is 6.03 Å². The van der Waals surface area contributed by atoms with Crippen LogP contribution in [0.4, 0.5) is 10.5 Å². The maximum Gasteiger partial charge on any atom is 0.325 e. The minimum absolute atomic E-state index is 0.0131. The third-order valence-corrected chi connectivity index (χ3v) is 5.92. The molecule has 1 spiro atoms. The van der Waals surface area contributed by atoms with Crippen LogP contribution in [0, 0.1) is 0 Å². The molecule has 9 heteroatoms. The van der Waals surface area contributed by atoms with Crippen LogP contribution in [-0.4, -0.2) is 65.8 Å². The zero-order chi connectivity index (χ0) is 22.4. The standard InChI is InChI=1S/C22H30N4O5/c1-3-25(15-18(27)23-16-8-7-9-17(14-16)31-2)19(28)10-13-26-20(29)22(24-21(26)30)11-5-4-6-12-22/h7-9,14H,3-6,10-13,15H2,1-2H3,(H,23,27)(H,24,30). The van der Waals surface area contributed by atoms with Gasteiger partial charge in [0, 0.05) is 31.3 Å². The first kappa shape index (κ1) is 22.6. The van der Waals surface area contributed by atoms with E-state index in [0.29, 0.717) is 30.8 Å². The summed E-state index contributed by atoms with van der Waals surface area (Å²) in [7, 11) is 1.54. The number of urea groups is 1. The van der Waals surface area contributed by atoms with Crippen molar-refractivity contribution in [3.8, 4) is 5.75 Å². The summed E-state index contributed by atoms with van der Waals surface area (Å²) < 4.78 is 5.14. The molecule has 31 heavy (non-hydrogen) atoms. The zero-order valence-electron chi connectivity index (χ0n) is 18.1. The molecule has 2 N–H and O–H groups in total. The number of benzene rings is 1. The van der Waals surface area contributed by atoms with E-state index in [4.69, 9.17) is 4.74 Å². The maximum absolute atomic E-state index is 12.8. The van der Waals surface area contributed by atoms with Crippen LogP contribution in [0.3, 0.4) is 0 Å². The van der Waals surface area contributed by atoms with Gasteiger partial charge in [0.1, 0.15) is 11.3 Å². The SMILES string of the molecule is CCN(CC(=O)Nc1cccc(OC)c1)C(=O)CCN1C(=O)NC2(CCCCC2)C1=O. The Hall–Kier alpha value is -3.10. The molecule has 1 aliphatic carbocycles. The molecular formula is C22H30N4O5. The highest BCUT2D eigenvalue weighted by Crippen LogP contribution is 2.33. The van der Waals surface area contributed by atoms with Gasteiger partial charge in [-0.25, -0.2) is 4.79 Å². The quantitative estimate of drug-likeness (QED) is 0.614. The number of carbonyl (C=O) groups excluding carboxylic acids is 4. The molecule has 3 rings (SSSR count). The Balaban J connectivity index is 1.53. The minimum atomic E-state index is -0.792. The Morgan fingerprint density at radius 2 is 1.97 bits per heavy atom. The lowest BCUT2D eigenvalue weighted by molar-refractivity contribution is -0.136. The smallest absolute Gasteiger partial charge is 0.325 e. The molecule has 2 aliphatic rings. The van der Waals surface area contributed by atoms with Gasteiger partial charge in [-0.15, -0.1) is 0 Å². The fraction of sp³-hybridized carbons (Fsp3) is 0.545. The van der Waals surface area contributed by atoms with Gasteiger partial charge in [0.15, 0.2) is 0 Å². The Morgan fingerprint density at radius 1 is 1.23 bits per heavy atom. The van der Waals surface area contributed by atoms with Crippen LogP contribution in [0.25, 0.3) is 0 Å². The van der Waals surface area contributed by atoms with Crippen LogP contribution in [0.2, 0.25) is 0 Å². The molecule has 168 valence electrons. The largest absolute Gasteiger partial charge is 0.497 e. The number of rotatable bonds is 8. The second-order valence-corrected chi connectivity index (χ2v) is 7.97. The lowest BCUT2D eigenvalue weighted by atomic mass is 9.82. The molecule has 0 radical (unpaired) electrons. The third kappa shape index (κ3) is 5.15. The number of nitrogens with zero attached hydrogens (tertiary/aromatic N) is 2. The van der Waals surface area contributed by atoms with E-state index in [9.17, 15) is 19.2 Å². The van der Waals surface area contributed by atoms with E-state index in [1.807, 2.05) is 0 Å². The van der Waals surface area contributed by atoms with Gasteiger partial charge in [-0.05, 0) is 31.9 Å². The van der Waals surface area contributed by atoms with Gasteiger partial charge in [-0.3, -0.25) is 19.3 Å². The predicted molar refractivity (Wildman–Crippen MR) is 115 cm³/mol. The third-order valence-electron chi connectivity index (χ3n) is 5.92. The van der Waals surface area contributed by atoms with Gasteiger partial charge < -0.3 is 20.3 Å². The van der Waals surface area contributed by atoms with Crippen LogP contribution in [0.1, 0.15) is 45.4 Å². The van der Waals surface area contributed by atoms with Crippen molar-refractivity contribution in [1.29, 1.82) is 0 Å². The molecule has 0 unspecified atom stereocenters. The van der Waals surface area contributed by atoms with E-state index >= 15 is 0 Å². The van der Waals surface area contributed by atoms with Crippen LogP contribution >= 0.6 is 0 Å². The first-order chi connectivity index (χ1) is 14.9. The first-order valence-corrected chi connectivity index (χ1v) is 10.7. The van der Waals surface area contributed by atoms with E-state index in [2.05, 4.69) is 10.6 Å². The first-order valence-electron chi connectivity index (χ1n) is 10.7. The molecule has 2 fully saturated rings. The summed E-state index contributed by atoms with van der Waals surface area (Å²) in [4.78, 5) is 52.7. The number of hydrogen-bond acceptors (Lipinski definition) is 5. The summed E-state index contributed by atoms with van der Waals surface area (Å²) in [6.45, 7) is 2.02. The van der Waals surface area contributed by atoms with Crippen molar-refractivity contribution in [2.45, 2.75) is 51.0 Å². The second-order valence-electron chi connectivity index (χ2n) is 7.97. The van der Waals surface area contributed by atoms with Crippen LogP contribution in [-0.2, 0) is 14.4 Å². The number of hydrogen-bond donors (Lipinski definition) is 2. The number of imide groups is 1. The molecule has 1 aromatic carbocycles. The molecule has 5 amide bonds. The van der Waals surface area contributed by atoms with Crippen LogP contribution in [0.5, 0.6) is 5.75 Å². The van der Waals surface area contributed by atoms with Gasteiger partial charge in [0.25, 0.3) is 5.91 Å². The molecule has 1 aromatic rings. The van der Waals surface area contributed by atoms with Crippen molar-refractivity contribution in [1.82, 2.24) is 15.1 Å². The Labute approximate surface area is 182 Å². The molecule has 1 saturated heterocycles. The summed E-state index contributed by atoms with van der Waals surface area (Å²) in [6.07, 6.45) is 4.15. The van der Waals surface area contributed by atoms with E-state index in [0.717, 1.165) is 24.2 Å². The Morgan fingerprint density at radius 3 is 2.65 bits per heavy atom. The summed E-state index contributed by atoms with van der Waals surface area (Å²) in [5, 5.41) is 5.59. The molecule has 1 aliphatic heterocycles. The molecular weight excluding hydrogens is 400 g/mol. The number of carbonyl (C=O) groups is 4. The van der Waals surface area contributed by atoms with E-state index in [-0.39, 0.29) is 37.2 Å². The molecule has 1 heterocycles. The van der Waals surface area contributed by atoms with Crippen molar-refractivity contribution in [2.24, 2.45) is 0 Å².